The van der Waals surface area contributed by atoms with Crippen molar-refractivity contribution < 1.29 is 18.4 Å². The minimum Gasteiger partial charge on any atom is -0.364 e. The zero-order valence-corrected chi connectivity index (χ0v) is 28.3. The first-order chi connectivity index (χ1) is 24.2. The van der Waals surface area contributed by atoms with Crippen molar-refractivity contribution in [2.75, 3.05) is 37.6 Å². The first-order valence-corrected chi connectivity index (χ1v) is 17.1. The van der Waals surface area contributed by atoms with Crippen LogP contribution in [0.4, 0.5) is 20.3 Å². The zero-order valence-electron chi connectivity index (χ0n) is 28.3. The minimum absolute atomic E-state index is 0.0145. The summed E-state index contributed by atoms with van der Waals surface area (Å²) in [4.78, 5) is 30.1. The molecule has 0 radical (unpaired) electrons. The van der Waals surface area contributed by atoms with Crippen molar-refractivity contribution >= 4 is 23.3 Å². The van der Waals surface area contributed by atoms with Gasteiger partial charge in [-0.25, -0.2) is 8.78 Å². The number of fused-ring (bicyclic) bond motifs is 2. The molecule has 0 bridgehead atoms. The Morgan fingerprint density at radius 3 is 2.58 bits per heavy atom. The Balaban J connectivity index is 1.11. The van der Waals surface area contributed by atoms with E-state index in [-0.39, 0.29) is 23.2 Å². The van der Waals surface area contributed by atoms with E-state index in [0.717, 1.165) is 73.6 Å². The summed E-state index contributed by atoms with van der Waals surface area (Å²) in [6.45, 7) is 5.93. The van der Waals surface area contributed by atoms with E-state index in [1.165, 1.54) is 6.07 Å². The van der Waals surface area contributed by atoms with Gasteiger partial charge in [0.05, 0.1) is 18.8 Å². The number of hydrogen-bond donors (Lipinski definition) is 1. The number of alkyl halides is 2. The van der Waals surface area contributed by atoms with Gasteiger partial charge in [0.25, 0.3) is 12.3 Å². The van der Waals surface area contributed by atoms with Crippen LogP contribution >= 0.6 is 0 Å². The summed E-state index contributed by atoms with van der Waals surface area (Å²) >= 11 is 0. The molecule has 0 spiro atoms. The van der Waals surface area contributed by atoms with Gasteiger partial charge in [0, 0.05) is 93.8 Å². The van der Waals surface area contributed by atoms with Crippen molar-refractivity contribution in [1.82, 2.24) is 39.6 Å². The van der Waals surface area contributed by atoms with E-state index < -0.39 is 12.3 Å². The van der Waals surface area contributed by atoms with Crippen LogP contribution in [-0.2, 0) is 31.2 Å². The van der Waals surface area contributed by atoms with Crippen molar-refractivity contribution in [2.45, 2.75) is 64.5 Å². The fraction of sp³-hybridized carbons (Fsp3) is 0.444. The topological polar surface area (TPSA) is 131 Å². The van der Waals surface area contributed by atoms with Crippen LogP contribution in [0.3, 0.4) is 0 Å². The molecule has 6 heterocycles. The van der Waals surface area contributed by atoms with Crippen LogP contribution in [0.25, 0.3) is 11.1 Å². The molecule has 50 heavy (non-hydrogen) atoms. The Morgan fingerprint density at radius 2 is 1.90 bits per heavy atom. The second-order valence-electron chi connectivity index (χ2n) is 13.2. The van der Waals surface area contributed by atoms with E-state index in [1.54, 1.807) is 43.2 Å². The smallest absolute Gasteiger partial charge is 0.269 e. The molecule has 0 atom stereocenters. The highest BCUT2D eigenvalue weighted by Crippen LogP contribution is 2.43. The highest BCUT2D eigenvalue weighted by atomic mass is 19.3. The Bertz CT molecular complexity index is 1970. The predicted molar refractivity (Wildman–Crippen MR) is 183 cm³/mol. The van der Waals surface area contributed by atoms with Gasteiger partial charge in [0.1, 0.15) is 5.69 Å². The van der Waals surface area contributed by atoms with E-state index in [2.05, 4.69) is 41.6 Å². The molecule has 0 unspecified atom stereocenters. The van der Waals surface area contributed by atoms with Crippen LogP contribution in [0.15, 0.2) is 36.7 Å². The lowest BCUT2D eigenvalue weighted by Gasteiger charge is -2.33. The molecule has 7 rings (SSSR count). The minimum atomic E-state index is -2.65. The molecular formula is C36H40F2N10O2. The van der Waals surface area contributed by atoms with Gasteiger partial charge in [-0.3, -0.25) is 19.0 Å². The molecule has 0 saturated carbocycles. The van der Waals surface area contributed by atoms with Crippen LogP contribution < -0.4 is 10.6 Å². The maximum Gasteiger partial charge on any atom is 0.269 e. The largest absolute Gasteiger partial charge is 0.364 e. The Labute approximate surface area is 289 Å². The van der Waals surface area contributed by atoms with Crippen molar-refractivity contribution in [3.8, 4) is 23.0 Å². The lowest BCUT2D eigenvalue weighted by atomic mass is 9.92. The monoisotopic (exact) mass is 682 g/mol. The number of amides is 2. The predicted octanol–water partition coefficient (Wildman–Crippen LogP) is 4.18. The van der Waals surface area contributed by atoms with E-state index in [4.69, 9.17) is 10.8 Å². The number of nitrogens with two attached hydrogens (primary N) is 1. The average molecular weight is 683 g/mol. The van der Waals surface area contributed by atoms with Gasteiger partial charge in [-0.1, -0.05) is 5.92 Å². The summed E-state index contributed by atoms with van der Waals surface area (Å²) in [5, 5.41) is 17.2. The van der Waals surface area contributed by atoms with Crippen LogP contribution in [-0.4, -0.2) is 84.1 Å². The summed E-state index contributed by atoms with van der Waals surface area (Å²) in [6.07, 6.45) is 5.58. The number of benzene rings is 1. The molecule has 3 aliphatic rings. The normalized spacial score (nSPS) is 16.6. The maximum atomic E-state index is 14.6. The van der Waals surface area contributed by atoms with Gasteiger partial charge < -0.3 is 20.4 Å². The molecule has 14 heteroatoms. The number of carbonyl (C=O) groups is 2. The van der Waals surface area contributed by atoms with Crippen molar-refractivity contribution in [2.24, 2.45) is 12.8 Å². The van der Waals surface area contributed by atoms with Crippen LogP contribution in [0.1, 0.15) is 83.6 Å². The summed E-state index contributed by atoms with van der Waals surface area (Å²) in [5.74, 6) is 6.31. The number of anilines is 2. The number of likely N-dealkylation sites (tertiary alicyclic amines) is 1. The first kappa shape index (κ1) is 33.3. The number of aromatic nitrogens is 6. The molecule has 260 valence electrons. The molecule has 3 aliphatic heterocycles. The lowest BCUT2D eigenvalue weighted by molar-refractivity contribution is -0.129. The fourth-order valence-corrected chi connectivity index (χ4v) is 7.36. The second-order valence-corrected chi connectivity index (χ2v) is 13.2. The first-order valence-electron chi connectivity index (χ1n) is 17.1. The molecule has 1 fully saturated rings. The van der Waals surface area contributed by atoms with Gasteiger partial charge >= 0.3 is 0 Å². The van der Waals surface area contributed by atoms with Crippen molar-refractivity contribution in [1.29, 1.82) is 0 Å². The molecule has 4 aromatic rings. The number of nitrogens with zero attached hydrogens (tertiary/aromatic N) is 9. The second kappa shape index (κ2) is 14.0. The third-order valence-electron chi connectivity index (χ3n) is 9.98. The summed E-state index contributed by atoms with van der Waals surface area (Å²) in [5.41, 5.74) is 10.9. The van der Waals surface area contributed by atoms with E-state index in [1.807, 2.05) is 11.0 Å². The average Bonchev–Trinajstić information content (AvgIpc) is 3.73. The van der Waals surface area contributed by atoms with E-state index in [0.29, 0.717) is 49.3 Å². The molecule has 2 amide bonds. The molecule has 0 aliphatic carbocycles. The van der Waals surface area contributed by atoms with E-state index in [9.17, 15) is 18.4 Å². The fourth-order valence-electron chi connectivity index (χ4n) is 7.36. The molecule has 2 N–H and O–H groups in total. The number of halogens is 2. The Kier molecular flexibility index (Phi) is 9.33. The van der Waals surface area contributed by atoms with Gasteiger partial charge in [-0.15, -0.1) is 10.2 Å². The van der Waals surface area contributed by atoms with Crippen LogP contribution in [0.2, 0.25) is 0 Å². The number of rotatable bonds is 7. The maximum absolute atomic E-state index is 14.6. The lowest BCUT2D eigenvalue weighted by Crippen LogP contribution is -2.37. The number of aryl methyl sites for hydroxylation is 2. The zero-order chi connectivity index (χ0) is 34.9. The number of carbonyl (C=O) groups excluding carboxylic acids is 2. The molecular weight excluding hydrogens is 642 g/mol. The van der Waals surface area contributed by atoms with Gasteiger partial charge in [0.2, 0.25) is 5.91 Å². The standard InChI is InChI=1S/C36H40F2N10O2/c1-23(49)46-17-12-32-30(22-46)36(47-14-5-6-24-18-28(25-20-40-44(2)21-25)29(34(37)38)19-33(24)47)43-48(32)27-10-15-45(16-11-27)13-4-3-7-26-8-9-31(35(39)50)42-41-26/h8-9,18-21,27,34H,4-6,10-17,22H2,1-2H3,(H2,39,50). The van der Waals surface area contributed by atoms with Crippen LogP contribution in [0.5, 0.6) is 0 Å². The summed E-state index contributed by atoms with van der Waals surface area (Å²) < 4.78 is 33.0. The Hall–Kier alpha value is -5.16. The van der Waals surface area contributed by atoms with Crippen molar-refractivity contribution in [3.05, 3.63) is 70.4 Å². The van der Waals surface area contributed by atoms with Crippen LogP contribution in [0, 0.1) is 11.8 Å². The number of primary amides is 1. The Morgan fingerprint density at radius 1 is 1.08 bits per heavy atom. The molecule has 1 aromatic carbocycles. The highest BCUT2D eigenvalue weighted by Gasteiger charge is 2.34. The highest BCUT2D eigenvalue weighted by molar-refractivity contribution is 5.90. The number of piperidine rings is 1. The van der Waals surface area contributed by atoms with Gasteiger partial charge in [-0.05, 0) is 67.0 Å². The quantitative estimate of drug-likeness (QED) is 0.288. The van der Waals surface area contributed by atoms with Gasteiger partial charge in [-0.2, -0.15) is 10.2 Å². The summed E-state index contributed by atoms with van der Waals surface area (Å²) in [6, 6.07) is 6.89. The molecule has 3 aromatic heterocycles. The van der Waals surface area contributed by atoms with E-state index >= 15 is 0 Å². The summed E-state index contributed by atoms with van der Waals surface area (Å²) in [7, 11) is 1.78. The molecule has 1 saturated heterocycles. The third kappa shape index (κ3) is 6.69. The van der Waals surface area contributed by atoms with Crippen molar-refractivity contribution in [3.63, 3.8) is 0 Å². The molecule has 12 nitrogen and oxygen atoms in total. The third-order valence-corrected chi connectivity index (χ3v) is 9.98. The number of hydrogen-bond acceptors (Lipinski definition) is 8. The van der Waals surface area contributed by atoms with Gasteiger partial charge in [0.15, 0.2) is 11.5 Å². The SMILES string of the molecule is CC(=O)N1CCc2c(c(N3CCCc4cc(-c5cnn(C)c5)c(C(F)F)cc43)nn2C2CCN(CCC#Cc3ccc(C(N)=O)nn3)CC2)C1.